The third-order valence-corrected chi connectivity index (χ3v) is 5.83. The van der Waals surface area contributed by atoms with Crippen molar-refractivity contribution in [3.8, 4) is 22.5 Å². The summed E-state index contributed by atoms with van der Waals surface area (Å²) in [5, 5.41) is 22.0. The molecule has 6 nitrogen and oxygen atoms in total. The third-order valence-electron chi connectivity index (χ3n) is 5.83. The van der Waals surface area contributed by atoms with E-state index < -0.39 is 30.3 Å². The summed E-state index contributed by atoms with van der Waals surface area (Å²) in [7, 11) is 0. The number of aliphatic hydroxyl groups excluding tert-OH is 1. The van der Waals surface area contributed by atoms with Gasteiger partial charge in [-0.05, 0) is 35.2 Å². The Morgan fingerprint density at radius 3 is 2.00 bits per heavy atom. The predicted octanol–water partition coefficient (Wildman–Crippen LogP) is 4.89. The molecule has 0 spiro atoms. The first kappa shape index (κ1) is 24.0. The average Bonchev–Trinajstić information content (AvgIpc) is 3.38. The summed E-state index contributed by atoms with van der Waals surface area (Å²) in [6, 6.07) is 30.2. The molecule has 3 aromatic carbocycles. The molecule has 0 fully saturated rings. The van der Waals surface area contributed by atoms with Crippen LogP contribution >= 0.6 is 0 Å². The van der Waals surface area contributed by atoms with Crippen molar-refractivity contribution in [3.05, 3.63) is 108 Å². The van der Waals surface area contributed by atoms with Crippen molar-refractivity contribution in [1.82, 2.24) is 5.32 Å². The molecule has 2 unspecified atom stereocenters. The Morgan fingerprint density at radius 2 is 1.37 bits per heavy atom. The third kappa shape index (κ3) is 6.25. The summed E-state index contributed by atoms with van der Waals surface area (Å²) in [5.41, 5.74) is 3.95. The topological polar surface area (TPSA) is 99.8 Å². The molecule has 0 saturated heterocycles. The lowest BCUT2D eigenvalue weighted by atomic mass is 10.00. The van der Waals surface area contributed by atoms with Crippen molar-refractivity contribution in [1.29, 1.82) is 0 Å². The van der Waals surface area contributed by atoms with Crippen LogP contribution in [0.4, 0.5) is 0 Å². The van der Waals surface area contributed by atoms with Gasteiger partial charge < -0.3 is 19.9 Å². The van der Waals surface area contributed by atoms with E-state index in [4.69, 9.17) is 4.42 Å². The van der Waals surface area contributed by atoms with Gasteiger partial charge >= 0.3 is 5.97 Å². The van der Waals surface area contributed by atoms with Crippen LogP contribution in [0.2, 0.25) is 0 Å². The van der Waals surface area contributed by atoms with E-state index in [2.05, 4.69) is 5.32 Å². The van der Waals surface area contributed by atoms with Gasteiger partial charge in [0.15, 0.2) is 0 Å². The molecule has 4 rings (SSSR count). The minimum Gasteiger partial charge on any atom is -0.481 e. The molecule has 0 aliphatic rings. The van der Waals surface area contributed by atoms with Crippen LogP contribution in [0.1, 0.15) is 23.7 Å². The lowest BCUT2D eigenvalue weighted by Gasteiger charge is -2.20. The monoisotopic (exact) mass is 469 g/mol. The molecule has 0 saturated carbocycles. The number of benzene rings is 3. The molecule has 1 amide bonds. The van der Waals surface area contributed by atoms with E-state index in [-0.39, 0.29) is 12.4 Å². The van der Waals surface area contributed by atoms with E-state index in [0.29, 0.717) is 12.2 Å². The summed E-state index contributed by atoms with van der Waals surface area (Å²) in [4.78, 5) is 24.6. The fourth-order valence-electron chi connectivity index (χ4n) is 4.01. The highest BCUT2D eigenvalue weighted by Gasteiger charge is 2.28. The number of aliphatic carboxylic acids is 1. The lowest BCUT2D eigenvalue weighted by Crippen LogP contribution is -2.42. The molecule has 3 N–H and O–H groups in total. The van der Waals surface area contributed by atoms with E-state index in [1.54, 1.807) is 12.1 Å². The maximum Gasteiger partial charge on any atom is 0.304 e. The number of rotatable bonds is 10. The van der Waals surface area contributed by atoms with Crippen LogP contribution in [0.3, 0.4) is 0 Å². The number of furan rings is 1. The van der Waals surface area contributed by atoms with Crippen molar-refractivity contribution < 1.29 is 24.2 Å². The Balaban J connectivity index is 1.50. The SMILES string of the molecule is O=C(O)CC(C(=O)NC(CO)Cc1ccccc1)c1ccc(-c2ccc(-c3ccccc3)cc2)o1. The summed E-state index contributed by atoms with van der Waals surface area (Å²) in [6.07, 6.45) is 0.00918. The van der Waals surface area contributed by atoms with Gasteiger partial charge in [0.1, 0.15) is 17.4 Å². The van der Waals surface area contributed by atoms with Gasteiger partial charge in [-0.3, -0.25) is 9.59 Å². The molecule has 1 heterocycles. The second-order valence-corrected chi connectivity index (χ2v) is 8.37. The summed E-state index contributed by atoms with van der Waals surface area (Å²) in [6.45, 7) is -0.266. The number of carbonyl (C=O) groups excluding carboxylic acids is 1. The predicted molar refractivity (Wildman–Crippen MR) is 134 cm³/mol. The summed E-state index contributed by atoms with van der Waals surface area (Å²) >= 11 is 0. The highest BCUT2D eigenvalue weighted by atomic mass is 16.4. The molecule has 0 aliphatic carbocycles. The minimum absolute atomic E-state index is 0.266. The molecule has 1 aromatic heterocycles. The van der Waals surface area contributed by atoms with E-state index in [0.717, 1.165) is 22.3 Å². The van der Waals surface area contributed by atoms with E-state index in [9.17, 15) is 19.8 Å². The fraction of sp³-hybridized carbons (Fsp3) is 0.172. The Labute approximate surface area is 203 Å². The molecular formula is C29H27NO5. The molecule has 0 bridgehead atoms. The summed E-state index contributed by atoms with van der Waals surface area (Å²) < 4.78 is 5.95. The Hall–Kier alpha value is -4.16. The molecule has 2 atom stereocenters. The number of aliphatic hydroxyl groups is 1. The zero-order valence-corrected chi connectivity index (χ0v) is 19.1. The zero-order valence-electron chi connectivity index (χ0n) is 19.1. The number of hydrogen-bond donors (Lipinski definition) is 3. The van der Waals surface area contributed by atoms with Gasteiger partial charge in [-0.25, -0.2) is 0 Å². The number of nitrogens with one attached hydrogen (secondary N) is 1. The molecule has 6 heteroatoms. The Kier molecular flexibility index (Phi) is 7.75. The van der Waals surface area contributed by atoms with Crippen LogP contribution < -0.4 is 5.32 Å². The number of carboxylic acid groups (broad SMARTS) is 1. The van der Waals surface area contributed by atoms with Gasteiger partial charge in [0.2, 0.25) is 5.91 Å². The first-order valence-electron chi connectivity index (χ1n) is 11.5. The Morgan fingerprint density at radius 1 is 0.771 bits per heavy atom. The average molecular weight is 470 g/mol. The van der Waals surface area contributed by atoms with Gasteiger partial charge in [-0.1, -0.05) is 84.9 Å². The second kappa shape index (κ2) is 11.3. The number of amides is 1. The van der Waals surface area contributed by atoms with E-state index in [1.165, 1.54) is 0 Å². The Bertz CT molecular complexity index is 1250. The van der Waals surface area contributed by atoms with Gasteiger partial charge in [0.05, 0.1) is 19.1 Å². The second-order valence-electron chi connectivity index (χ2n) is 8.37. The summed E-state index contributed by atoms with van der Waals surface area (Å²) in [5.74, 6) is -1.81. The van der Waals surface area contributed by atoms with Crippen molar-refractivity contribution >= 4 is 11.9 Å². The molecule has 0 radical (unpaired) electrons. The van der Waals surface area contributed by atoms with Crippen molar-refractivity contribution in [2.24, 2.45) is 0 Å². The number of carboxylic acids is 1. The van der Waals surface area contributed by atoms with Crippen LogP contribution in [-0.2, 0) is 16.0 Å². The number of carbonyl (C=O) groups is 2. The van der Waals surface area contributed by atoms with E-state index >= 15 is 0 Å². The van der Waals surface area contributed by atoms with Crippen LogP contribution in [-0.4, -0.2) is 34.7 Å². The van der Waals surface area contributed by atoms with Crippen LogP contribution in [0.15, 0.2) is 101 Å². The van der Waals surface area contributed by atoms with Crippen molar-refractivity contribution in [3.63, 3.8) is 0 Å². The highest BCUT2D eigenvalue weighted by Crippen LogP contribution is 2.30. The van der Waals surface area contributed by atoms with Crippen molar-refractivity contribution in [2.45, 2.75) is 24.8 Å². The first-order valence-corrected chi connectivity index (χ1v) is 11.5. The van der Waals surface area contributed by atoms with Crippen molar-refractivity contribution in [2.75, 3.05) is 6.61 Å². The van der Waals surface area contributed by atoms with E-state index in [1.807, 2.05) is 84.9 Å². The highest BCUT2D eigenvalue weighted by molar-refractivity contribution is 5.87. The molecule has 4 aromatic rings. The van der Waals surface area contributed by atoms with Gasteiger partial charge in [-0.2, -0.15) is 0 Å². The standard InChI is InChI=1S/C29H27NO5/c31-19-24(17-20-7-3-1-4-8-20)30-29(34)25(18-28(32)33)27-16-15-26(35-27)23-13-11-22(12-14-23)21-9-5-2-6-10-21/h1-16,24-25,31H,17-19H2,(H,30,34)(H,32,33). The quantitative estimate of drug-likeness (QED) is 0.307. The van der Waals surface area contributed by atoms with Gasteiger partial charge in [-0.15, -0.1) is 0 Å². The maximum atomic E-state index is 13.0. The van der Waals surface area contributed by atoms with Gasteiger partial charge in [0.25, 0.3) is 0 Å². The molecule has 35 heavy (non-hydrogen) atoms. The molecular weight excluding hydrogens is 442 g/mol. The largest absolute Gasteiger partial charge is 0.481 e. The van der Waals surface area contributed by atoms with Crippen LogP contribution in [0.5, 0.6) is 0 Å². The number of hydrogen-bond acceptors (Lipinski definition) is 4. The van der Waals surface area contributed by atoms with Crippen LogP contribution in [0, 0.1) is 0 Å². The van der Waals surface area contributed by atoms with Crippen LogP contribution in [0.25, 0.3) is 22.5 Å². The first-order chi connectivity index (χ1) is 17.0. The molecule has 0 aliphatic heterocycles. The lowest BCUT2D eigenvalue weighted by molar-refractivity contribution is -0.140. The maximum absolute atomic E-state index is 13.0. The molecule has 178 valence electrons. The minimum atomic E-state index is -1.11. The fourth-order valence-corrected chi connectivity index (χ4v) is 4.01. The zero-order chi connectivity index (χ0) is 24.6. The van der Waals surface area contributed by atoms with Gasteiger partial charge in [0, 0.05) is 5.56 Å². The normalized spacial score (nSPS) is 12.6. The smallest absolute Gasteiger partial charge is 0.304 e.